The van der Waals surface area contributed by atoms with Crippen LogP contribution in [0.3, 0.4) is 0 Å². The fourth-order valence-corrected chi connectivity index (χ4v) is 2.22. The van der Waals surface area contributed by atoms with Crippen molar-refractivity contribution in [3.8, 4) is 0 Å². The third-order valence-electron chi connectivity index (χ3n) is 3.20. The van der Waals surface area contributed by atoms with Crippen LogP contribution in [0.5, 0.6) is 0 Å². The highest BCUT2D eigenvalue weighted by Crippen LogP contribution is 2.16. The maximum Gasteiger partial charge on any atom is 0.253 e. The number of amides is 1. The lowest BCUT2D eigenvalue weighted by Gasteiger charge is -2.15. The maximum absolute atomic E-state index is 12.2. The van der Waals surface area contributed by atoms with E-state index in [0.717, 1.165) is 23.9 Å². The lowest BCUT2D eigenvalue weighted by Crippen LogP contribution is -2.31. The molecule has 0 saturated carbocycles. The van der Waals surface area contributed by atoms with E-state index in [1.54, 1.807) is 6.20 Å². The fraction of sp³-hybridized carbons (Fsp3) is 0.333. The summed E-state index contributed by atoms with van der Waals surface area (Å²) in [5, 5.41) is 7.82. The van der Waals surface area contributed by atoms with E-state index in [0.29, 0.717) is 12.1 Å². The molecule has 1 saturated heterocycles. The Hall–Kier alpha value is -1.88. The van der Waals surface area contributed by atoms with Gasteiger partial charge in [-0.15, -0.1) is 0 Å². The first-order valence-electron chi connectivity index (χ1n) is 5.72. The Bertz CT molecular complexity index is 562. The first kappa shape index (κ1) is 10.3. The molecule has 88 valence electrons. The number of carbonyl (C=O) groups excluding carboxylic acids is 1. The van der Waals surface area contributed by atoms with Crippen molar-refractivity contribution in [3.63, 3.8) is 0 Å². The summed E-state index contributed by atoms with van der Waals surface area (Å²) in [5.74, 6) is 0.0504. The van der Waals surface area contributed by atoms with E-state index >= 15 is 0 Å². The zero-order valence-corrected chi connectivity index (χ0v) is 9.39. The molecule has 2 heterocycles. The van der Waals surface area contributed by atoms with Crippen LogP contribution in [0, 0.1) is 0 Å². The number of likely N-dealkylation sites (tertiary alicyclic amines) is 1. The highest BCUT2D eigenvalue weighted by Gasteiger charge is 2.24. The van der Waals surface area contributed by atoms with Gasteiger partial charge in [0.15, 0.2) is 0 Å². The van der Waals surface area contributed by atoms with Crippen LogP contribution in [0.4, 0.5) is 0 Å². The summed E-state index contributed by atoms with van der Waals surface area (Å²) in [4.78, 5) is 14.0. The molecule has 1 amide bonds. The van der Waals surface area contributed by atoms with Crippen LogP contribution in [-0.2, 0) is 0 Å². The number of hydrogen-bond donors (Lipinski definition) is 2. The van der Waals surface area contributed by atoms with Gasteiger partial charge >= 0.3 is 0 Å². The lowest BCUT2D eigenvalue weighted by molar-refractivity contribution is 0.0791. The van der Waals surface area contributed by atoms with Gasteiger partial charge in [0, 0.05) is 30.1 Å². The van der Waals surface area contributed by atoms with Gasteiger partial charge in [-0.3, -0.25) is 9.89 Å². The Morgan fingerprint density at radius 1 is 1.53 bits per heavy atom. The molecule has 1 aliphatic rings. The van der Waals surface area contributed by atoms with E-state index in [1.807, 2.05) is 23.1 Å². The molecule has 0 radical (unpaired) electrons. The average Bonchev–Trinajstić information content (AvgIpc) is 2.95. The molecule has 1 aliphatic heterocycles. The minimum absolute atomic E-state index is 0.0504. The van der Waals surface area contributed by atoms with Gasteiger partial charge in [-0.1, -0.05) is 6.07 Å². The molecule has 1 unspecified atom stereocenters. The van der Waals surface area contributed by atoms with E-state index in [4.69, 9.17) is 5.73 Å². The molecule has 0 aliphatic carbocycles. The predicted octanol–water partition coefficient (Wildman–Crippen LogP) is 0.736. The molecular formula is C12H14N4O. The van der Waals surface area contributed by atoms with Crippen LogP contribution in [0.2, 0.25) is 0 Å². The summed E-state index contributed by atoms with van der Waals surface area (Å²) in [5.41, 5.74) is 7.38. The SMILES string of the molecule is NC1CCN(C(=O)c2ccc3cn[nH]c3c2)C1. The van der Waals surface area contributed by atoms with Crippen molar-refractivity contribution in [3.05, 3.63) is 30.0 Å². The van der Waals surface area contributed by atoms with E-state index in [-0.39, 0.29) is 11.9 Å². The second-order valence-corrected chi connectivity index (χ2v) is 4.47. The largest absolute Gasteiger partial charge is 0.337 e. The average molecular weight is 230 g/mol. The molecule has 5 nitrogen and oxygen atoms in total. The van der Waals surface area contributed by atoms with Crippen molar-refractivity contribution in [1.82, 2.24) is 15.1 Å². The van der Waals surface area contributed by atoms with Crippen LogP contribution in [0.25, 0.3) is 10.9 Å². The number of fused-ring (bicyclic) bond motifs is 1. The molecule has 1 atom stereocenters. The maximum atomic E-state index is 12.2. The van der Waals surface area contributed by atoms with E-state index in [1.165, 1.54) is 0 Å². The number of H-pyrrole nitrogens is 1. The zero-order chi connectivity index (χ0) is 11.8. The third kappa shape index (κ3) is 1.78. The van der Waals surface area contributed by atoms with Crippen LogP contribution in [0.1, 0.15) is 16.8 Å². The van der Waals surface area contributed by atoms with Crippen molar-refractivity contribution in [1.29, 1.82) is 0 Å². The summed E-state index contributed by atoms with van der Waals surface area (Å²) in [7, 11) is 0. The number of rotatable bonds is 1. The topological polar surface area (TPSA) is 75.0 Å². The summed E-state index contributed by atoms with van der Waals surface area (Å²) in [6.45, 7) is 1.40. The smallest absolute Gasteiger partial charge is 0.253 e. The van der Waals surface area contributed by atoms with E-state index < -0.39 is 0 Å². The molecule has 2 aromatic rings. The van der Waals surface area contributed by atoms with Gasteiger partial charge in [-0.2, -0.15) is 5.10 Å². The minimum Gasteiger partial charge on any atom is -0.337 e. The van der Waals surface area contributed by atoms with Crippen LogP contribution in [-0.4, -0.2) is 40.1 Å². The standard InChI is InChI=1S/C12H14N4O/c13-10-3-4-16(7-10)12(17)8-1-2-9-6-14-15-11(9)5-8/h1-2,5-6,10H,3-4,7,13H2,(H,14,15). The monoisotopic (exact) mass is 230 g/mol. The molecule has 0 bridgehead atoms. The Kier molecular flexibility index (Phi) is 2.33. The minimum atomic E-state index is 0.0504. The molecule has 3 rings (SSSR count). The summed E-state index contributed by atoms with van der Waals surface area (Å²) < 4.78 is 0. The molecule has 1 aromatic heterocycles. The quantitative estimate of drug-likeness (QED) is 0.758. The highest BCUT2D eigenvalue weighted by atomic mass is 16.2. The van der Waals surface area contributed by atoms with Gasteiger partial charge in [0.2, 0.25) is 0 Å². The van der Waals surface area contributed by atoms with Crippen molar-refractivity contribution < 1.29 is 4.79 Å². The summed E-state index contributed by atoms with van der Waals surface area (Å²) in [6.07, 6.45) is 2.63. The fourth-order valence-electron chi connectivity index (χ4n) is 2.22. The molecule has 1 aromatic carbocycles. The second kappa shape index (κ2) is 3.85. The van der Waals surface area contributed by atoms with Crippen molar-refractivity contribution >= 4 is 16.8 Å². The molecule has 17 heavy (non-hydrogen) atoms. The van der Waals surface area contributed by atoms with Crippen molar-refractivity contribution in [2.45, 2.75) is 12.5 Å². The second-order valence-electron chi connectivity index (χ2n) is 4.47. The highest BCUT2D eigenvalue weighted by molar-refractivity contribution is 5.97. The number of aromatic amines is 1. The number of aromatic nitrogens is 2. The van der Waals surface area contributed by atoms with Gasteiger partial charge in [0.1, 0.15) is 0 Å². The van der Waals surface area contributed by atoms with Crippen LogP contribution < -0.4 is 5.73 Å². The number of hydrogen-bond acceptors (Lipinski definition) is 3. The van der Waals surface area contributed by atoms with Gasteiger partial charge in [0.05, 0.1) is 11.7 Å². The van der Waals surface area contributed by atoms with Gasteiger partial charge in [0.25, 0.3) is 5.91 Å². The first-order chi connectivity index (χ1) is 8.24. The normalized spacial score (nSPS) is 20.1. The predicted molar refractivity (Wildman–Crippen MR) is 64.6 cm³/mol. The first-order valence-corrected chi connectivity index (χ1v) is 5.72. The van der Waals surface area contributed by atoms with E-state index in [9.17, 15) is 4.79 Å². The van der Waals surface area contributed by atoms with Gasteiger partial charge in [-0.25, -0.2) is 0 Å². The Balaban J connectivity index is 1.89. The van der Waals surface area contributed by atoms with Crippen molar-refractivity contribution in [2.75, 3.05) is 13.1 Å². The third-order valence-corrected chi connectivity index (χ3v) is 3.20. The number of nitrogens with zero attached hydrogens (tertiary/aromatic N) is 2. The number of carbonyl (C=O) groups is 1. The zero-order valence-electron chi connectivity index (χ0n) is 9.39. The summed E-state index contributed by atoms with van der Waals surface area (Å²) >= 11 is 0. The van der Waals surface area contributed by atoms with Crippen LogP contribution in [0.15, 0.2) is 24.4 Å². The lowest BCUT2D eigenvalue weighted by atomic mass is 10.1. The molecule has 0 spiro atoms. The molecule has 3 N–H and O–H groups in total. The van der Waals surface area contributed by atoms with Crippen molar-refractivity contribution in [2.24, 2.45) is 5.73 Å². The van der Waals surface area contributed by atoms with Gasteiger partial charge < -0.3 is 10.6 Å². The Labute approximate surface area is 98.6 Å². The Morgan fingerprint density at radius 2 is 2.41 bits per heavy atom. The number of nitrogens with one attached hydrogen (secondary N) is 1. The van der Waals surface area contributed by atoms with Crippen LogP contribution >= 0.6 is 0 Å². The van der Waals surface area contributed by atoms with E-state index in [2.05, 4.69) is 10.2 Å². The molecule has 5 heteroatoms. The van der Waals surface area contributed by atoms with Gasteiger partial charge in [-0.05, 0) is 18.6 Å². The Morgan fingerprint density at radius 3 is 3.18 bits per heavy atom. The number of nitrogens with two attached hydrogens (primary N) is 1. The molecular weight excluding hydrogens is 216 g/mol. The molecule has 1 fully saturated rings. The summed E-state index contributed by atoms with van der Waals surface area (Å²) in [6, 6.07) is 5.70. The number of benzene rings is 1.